The Labute approximate surface area is 111 Å². The van der Waals surface area contributed by atoms with Gasteiger partial charge < -0.3 is 10.6 Å². The van der Waals surface area contributed by atoms with Crippen LogP contribution in [0.2, 0.25) is 0 Å². The summed E-state index contributed by atoms with van der Waals surface area (Å²) >= 11 is 0. The van der Waals surface area contributed by atoms with E-state index < -0.39 is 0 Å². The molecule has 4 nitrogen and oxygen atoms in total. The first-order chi connectivity index (χ1) is 8.36. The maximum Gasteiger partial charge on any atom is 0.137 e. The average molecular weight is 250 g/mol. The minimum Gasteiger partial charge on any atom is -0.383 e. The van der Waals surface area contributed by atoms with Gasteiger partial charge in [0, 0.05) is 24.6 Å². The number of nitrogens with two attached hydrogens (primary N) is 1. The molecule has 0 aliphatic carbocycles. The number of aryl methyl sites for hydroxylation is 1. The highest BCUT2D eigenvalue weighted by Gasteiger charge is 2.18. The van der Waals surface area contributed by atoms with Gasteiger partial charge >= 0.3 is 0 Å². The fraction of sp³-hybridized carbons (Fsp3) is 0.714. The maximum atomic E-state index is 5.99. The molecule has 0 spiro atoms. The van der Waals surface area contributed by atoms with Crippen LogP contribution < -0.4 is 10.6 Å². The predicted octanol–water partition coefficient (Wildman–Crippen LogP) is 2.80. The zero-order chi connectivity index (χ0) is 13.9. The highest BCUT2D eigenvalue weighted by Crippen LogP contribution is 2.24. The fourth-order valence-electron chi connectivity index (χ4n) is 1.94. The molecule has 0 fully saturated rings. The molecular formula is C14H26N4. The van der Waals surface area contributed by atoms with E-state index in [1.807, 2.05) is 6.92 Å². The molecule has 1 heterocycles. The van der Waals surface area contributed by atoms with Crippen LogP contribution >= 0.6 is 0 Å². The summed E-state index contributed by atoms with van der Waals surface area (Å²) in [5.74, 6) is 3.00. The molecule has 1 aromatic rings. The summed E-state index contributed by atoms with van der Waals surface area (Å²) in [6.07, 6.45) is 0.811. The summed E-state index contributed by atoms with van der Waals surface area (Å²) in [5.41, 5.74) is 6.98. The van der Waals surface area contributed by atoms with Gasteiger partial charge in [0.1, 0.15) is 17.5 Å². The van der Waals surface area contributed by atoms with Gasteiger partial charge in [-0.3, -0.25) is 0 Å². The molecule has 0 unspecified atom stereocenters. The quantitative estimate of drug-likeness (QED) is 0.873. The predicted molar refractivity (Wildman–Crippen MR) is 77.9 cm³/mol. The molecule has 0 radical (unpaired) electrons. The maximum absolute atomic E-state index is 5.99. The van der Waals surface area contributed by atoms with Crippen LogP contribution in [0.5, 0.6) is 0 Å². The summed E-state index contributed by atoms with van der Waals surface area (Å²) in [4.78, 5) is 11.3. The van der Waals surface area contributed by atoms with Crippen molar-refractivity contribution in [3.05, 3.63) is 11.4 Å². The lowest BCUT2D eigenvalue weighted by molar-refractivity contribution is 0.563. The third-order valence-electron chi connectivity index (χ3n) is 2.98. The van der Waals surface area contributed by atoms with Crippen molar-refractivity contribution in [3.8, 4) is 0 Å². The van der Waals surface area contributed by atoms with Crippen LogP contribution in [0.3, 0.4) is 0 Å². The minimum atomic E-state index is 0.408. The first kappa shape index (κ1) is 14.7. The van der Waals surface area contributed by atoms with Crippen LogP contribution in [-0.4, -0.2) is 22.6 Å². The molecule has 1 rings (SSSR count). The third-order valence-corrected chi connectivity index (χ3v) is 2.98. The Bertz CT molecular complexity index is 399. The topological polar surface area (TPSA) is 55.0 Å². The van der Waals surface area contributed by atoms with Crippen LogP contribution in [0.25, 0.3) is 0 Å². The molecule has 0 aliphatic heterocycles. The average Bonchev–Trinajstić information content (AvgIpc) is 2.29. The van der Waals surface area contributed by atoms with E-state index in [0.717, 1.165) is 30.2 Å². The zero-order valence-corrected chi connectivity index (χ0v) is 12.5. The second-order valence-corrected chi connectivity index (χ2v) is 5.47. The molecule has 0 amide bonds. The summed E-state index contributed by atoms with van der Waals surface area (Å²) < 4.78 is 0. The van der Waals surface area contributed by atoms with Gasteiger partial charge in [0.05, 0.1) is 0 Å². The van der Waals surface area contributed by atoms with Gasteiger partial charge in [-0.15, -0.1) is 0 Å². The SMILES string of the molecule is CCc1nc(N)c(C)c(N(CC(C)C)C(C)C)n1. The first-order valence-electron chi connectivity index (χ1n) is 6.76. The molecular weight excluding hydrogens is 224 g/mol. The van der Waals surface area contributed by atoms with Gasteiger partial charge in [0.2, 0.25) is 0 Å². The van der Waals surface area contributed by atoms with E-state index in [9.17, 15) is 0 Å². The largest absolute Gasteiger partial charge is 0.383 e. The van der Waals surface area contributed by atoms with Crippen molar-refractivity contribution in [1.29, 1.82) is 0 Å². The molecule has 18 heavy (non-hydrogen) atoms. The summed E-state index contributed by atoms with van der Waals surface area (Å²) in [6, 6.07) is 0.408. The summed E-state index contributed by atoms with van der Waals surface area (Å²) in [5, 5.41) is 0. The second kappa shape index (κ2) is 6.03. The first-order valence-corrected chi connectivity index (χ1v) is 6.76. The Morgan fingerprint density at radius 2 is 1.78 bits per heavy atom. The van der Waals surface area contributed by atoms with Crippen molar-refractivity contribution < 1.29 is 0 Å². The van der Waals surface area contributed by atoms with Gasteiger partial charge in [-0.1, -0.05) is 20.8 Å². The Kier molecular flexibility index (Phi) is 4.93. The Morgan fingerprint density at radius 1 is 1.17 bits per heavy atom. The number of nitrogen functional groups attached to an aromatic ring is 1. The molecule has 0 bridgehead atoms. The van der Waals surface area contributed by atoms with Crippen LogP contribution in [-0.2, 0) is 6.42 Å². The van der Waals surface area contributed by atoms with Crippen LogP contribution in [0.15, 0.2) is 0 Å². The molecule has 4 heteroatoms. The van der Waals surface area contributed by atoms with Crippen molar-refractivity contribution >= 4 is 11.6 Å². The molecule has 102 valence electrons. The molecule has 1 aromatic heterocycles. The highest BCUT2D eigenvalue weighted by molar-refractivity contribution is 5.57. The lowest BCUT2D eigenvalue weighted by atomic mass is 10.1. The van der Waals surface area contributed by atoms with E-state index in [0.29, 0.717) is 17.8 Å². The van der Waals surface area contributed by atoms with Crippen molar-refractivity contribution in [2.45, 2.75) is 54.0 Å². The van der Waals surface area contributed by atoms with E-state index in [2.05, 4.69) is 49.5 Å². The zero-order valence-electron chi connectivity index (χ0n) is 12.5. The van der Waals surface area contributed by atoms with Gasteiger partial charge in [-0.25, -0.2) is 9.97 Å². The van der Waals surface area contributed by atoms with E-state index in [1.165, 1.54) is 0 Å². The standard InChI is InChI=1S/C14H26N4/c1-7-12-16-13(15)11(6)14(17-12)18(10(4)5)8-9(2)3/h9-10H,7-8H2,1-6H3,(H2,15,16,17). The number of hydrogen-bond donors (Lipinski definition) is 1. The molecule has 0 saturated carbocycles. The van der Waals surface area contributed by atoms with E-state index in [-0.39, 0.29) is 0 Å². The Morgan fingerprint density at radius 3 is 2.22 bits per heavy atom. The monoisotopic (exact) mass is 250 g/mol. The molecule has 2 N–H and O–H groups in total. The number of rotatable bonds is 5. The Hall–Kier alpha value is -1.32. The number of aromatic nitrogens is 2. The van der Waals surface area contributed by atoms with Crippen molar-refractivity contribution in [1.82, 2.24) is 9.97 Å². The second-order valence-electron chi connectivity index (χ2n) is 5.47. The summed E-state index contributed by atoms with van der Waals surface area (Å²) in [6.45, 7) is 13.8. The van der Waals surface area contributed by atoms with Gasteiger partial charge in [0.15, 0.2) is 0 Å². The molecule has 0 atom stereocenters. The Balaban J connectivity index is 3.22. The van der Waals surface area contributed by atoms with Crippen molar-refractivity contribution in [2.75, 3.05) is 17.2 Å². The van der Waals surface area contributed by atoms with E-state index in [1.54, 1.807) is 0 Å². The van der Waals surface area contributed by atoms with Crippen LogP contribution in [0.4, 0.5) is 11.6 Å². The number of hydrogen-bond acceptors (Lipinski definition) is 4. The molecule has 0 aliphatic rings. The lowest BCUT2D eigenvalue weighted by Crippen LogP contribution is -2.36. The van der Waals surface area contributed by atoms with E-state index >= 15 is 0 Å². The van der Waals surface area contributed by atoms with Gasteiger partial charge in [-0.05, 0) is 26.7 Å². The van der Waals surface area contributed by atoms with E-state index in [4.69, 9.17) is 5.73 Å². The van der Waals surface area contributed by atoms with Crippen molar-refractivity contribution in [3.63, 3.8) is 0 Å². The summed E-state index contributed by atoms with van der Waals surface area (Å²) in [7, 11) is 0. The normalized spacial score (nSPS) is 11.3. The van der Waals surface area contributed by atoms with Crippen LogP contribution in [0, 0.1) is 12.8 Å². The third kappa shape index (κ3) is 3.34. The fourth-order valence-corrected chi connectivity index (χ4v) is 1.94. The van der Waals surface area contributed by atoms with Gasteiger partial charge in [0.25, 0.3) is 0 Å². The molecule has 0 aromatic carbocycles. The lowest BCUT2D eigenvalue weighted by Gasteiger charge is -2.31. The highest BCUT2D eigenvalue weighted by atomic mass is 15.2. The molecule has 0 saturated heterocycles. The smallest absolute Gasteiger partial charge is 0.137 e. The van der Waals surface area contributed by atoms with Crippen LogP contribution in [0.1, 0.15) is 46.0 Å². The number of nitrogens with zero attached hydrogens (tertiary/aromatic N) is 3. The minimum absolute atomic E-state index is 0.408. The number of anilines is 2. The van der Waals surface area contributed by atoms with Gasteiger partial charge in [-0.2, -0.15) is 0 Å². The van der Waals surface area contributed by atoms with Crippen molar-refractivity contribution in [2.24, 2.45) is 5.92 Å².